The van der Waals surface area contributed by atoms with Crippen molar-refractivity contribution in [3.8, 4) is 11.4 Å². The van der Waals surface area contributed by atoms with E-state index in [4.69, 9.17) is 0 Å². The van der Waals surface area contributed by atoms with Crippen LogP contribution in [0.1, 0.15) is 5.69 Å². The number of hydrogen-bond donors (Lipinski definition) is 2. The van der Waals surface area contributed by atoms with Crippen LogP contribution in [0.25, 0.3) is 16.6 Å². The molecule has 1 atom stereocenters. The summed E-state index contributed by atoms with van der Waals surface area (Å²) in [5.74, 6) is -1.92. The van der Waals surface area contributed by atoms with Gasteiger partial charge in [0.15, 0.2) is 5.82 Å². The number of aliphatic hydroxyl groups is 1. The van der Waals surface area contributed by atoms with E-state index in [-0.39, 0.29) is 21.3 Å². The van der Waals surface area contributed by atoms with E-state index in [1.807, 2.05) is 0 Å². The zero-order chi connectivity index (χ0) is 23.9. The molecule has 33 heavy (non-hydrogen) atoms. The van der Waals surface area contributed by atoms with Crippen molar-refractivity contribution in [3.63, 3.8) is 0 Å². The lowest BCUT2D eigenvalue weighted by molar-refractivity contribution is -0.142. The monoisotopic (exact) mass is 465 g/mol. The van der Waals surface area contributed by atoms with E-state index in [2.05, 4.69) is 16.5 Å². The third kappa shape index (κ3) is 4.02. The number of aliphatic hydroxyl groups excluding tert-OH is 1. The van der Waals surface area contributed by atoms with Crippen molar-refractivity contribution in [2.24, 2.45) is 0 Å². The number of fused-ring (bicyclic) bond motifs is 1. The van der Waals surface area contributed by atoms with E-state index >= 15 is 0 Å². The Kier molecular flexibility index (Phi) is 5.80. The second-order valence-electron chi connectivity index (χ2n) is 7.41. The van der Waals surface area contributed by atoms with E-state index in [1.165, 1.54) is 6.08 Å². The van der Waals surface area contributed by atoms with Gasteiger partial charge in [-0.25, -0.2) is 14.4 Å². The molecule has 0 radical (unpaired) electrons. The van der Waals surface area contributed by atoms with Crippen molar-refractivity contribution in [2.75, 3.05) is 31.1 Å². The van der Waals surface area contributed by atoms with Crippen LogP contribution < -0.4 is 10.5 Å². The van der Waals surface area contributed by atoms with Gasteiger partial charge in [-0.05, 0) is 24.3 Å². The smallest absolute Gasteiger partial charge is 0.431 e. The normalized spacial score (nSPS) is 16.2. The highest BCUT2D eigenvalue weighted by molar-refractivity contribution is 5.89. The van der Waals surface area contributed by atoms with Gasteiger partial charge in [0.25, 0.3) is 5.56 Å². The maximum absolute atomic E-state index is 14.4. The van der Waals surface area contributed by atoms with Crippen molar-refractivity contribution < 1.29 is 27.8 Å². The van der Waals surface area contributed by atoms with Crippen LogP contribution in [0.15, 0.2) is 48.0 Å². The Balaban J connectivity index is 1.90. The van der Waals surface area contributed by atoms with Crippen LogP contribution in [-0.2, 0) is 6.18 Å². The zero-order valence-corrected chi connectivity index (χ0v) is 17.1. The third-order valence-corrected chi connectivity index (χ3v) is 5.47. The molecular formula is C21H19F4N5O3. The molecule has 0 spiro atoms. The molecule has 0 bridgehead atoms. The van der Waals surface area contributed by atoms with E-state index in [0.29, 0.717) is 32.2 Å². The summed E-state index contributed by atoms with van der Waals surface area (Å²) >= 11 is 0. The molecule has 3 heterocycles. The fourth-order valence-corrected chi connectivity index (χ4v) is 3.86. The zero-order valence-electron chi connectivity index (χ0n) is 17.1. The Morgan fingerprint density at radius 1 is 1.15 bits per heavy atom. The van der Waals surface area contributed by atoms with Crippen LogP contribution in [0, 0.1) is 5.82 Å². The molecule has 0 aliphatic carbocycles. The number of anilines is 1. The number of piperazine rings is 1. The summed E-state index contributed by atoms with van der Waals surface area (Å²) < 4.78 is 56.5. The summed E-state index contributed by atoms with van der Waals surface area (Å²) in [6.45, 7) is 4.92. The number of aromatic hydroxyl groups is 1. The van der Waals surface area contributed by atoms with E-state index in [1.54, 1.807) is 9.80 Å². The molecule has 4 rings (SSSR count). The third-order valence-electron chi connectivity index (χ3n) is 5.47. The lowest BCUT2D eigenvalue weighted by atomic mass is 10.1. The molecule has 3 aromatic rings. The van der Waals surface area contributed by atoms with Crippen molar-refractivity contribution in [3.05, 3.63) is 65.1 Å². The van der Waals surface area contributed by atoms with Gasteiger partial charge in [-0.1, -0.05) is 12.6 Å². The number of alkyl halides is 3. The Labute approximate surface area is 184 Å². The van der Waals surface area contributed by atoms with E-state index in [0.717, 1.165) is 24.5 Å². The van der Waals surface area contributed by atoms with Crippen LogP contribution in [-0.4, -0.2) is 62.1 Å². The molecule has 0 amide bonds. The molecule has 1 fully saturated rings. The van der Waals surface area contributed by atoms with Crippen molar-refractivity contribution >= 4 is 16.7 Å². The molecule has 1 aliphatic heterocycles. The van der Waals surface area contributed by atoms with Crippen molar-refractivity contribution in [1.82, 2.24) is 19.4 Å². The summed E-state index contributed by atoms with van der Waals surface area (Å²) in [5.41, 5.74) is -3.99. The second kappa shape index (κ2) is 8.45. The number of phenols is 1. The molecule has 2 N–H and O–H groups in total. The fraction of sp³-hybridized carbons (Fsp3) is 0.286. The Morgan fingerprint density at radius 2 is 1.85 bits per heavy atom. The molecule has 174 valence electrons. The minimum Gasteiger partial charge on any atom is -0.506 e. The molecule has 1 unspecified atom stereocenters. The number of rotatable bonds is 4. The fourth-order valence-electron chi connectivity index (χ4n) is 3.86. The van der Waals surface area contributed by atoms with Gasteiger partial charge in [0.05, 0.1) is 5.39 Å². The summed E-state index contributed by atoms with van der Waals surface area (Å²) in [6, 6.07) is 3.62. The highest BCUT2D eigenvalue weighted by Gasteiger charge is 2.38. The standard InChI is InChI=1S/C21H19F4N5O3/c1-2-16(32)28-6-8-29(9-7-28)19-12-10-15(21(23,24)25)30(20(33)17(12)26-11-27-19)18-13(22)4-3-5-14(18)31/h2-5,10-11,16,31-32H,1,6-9H2. The van der Waals surface area contributed by atoms with E-state index in [9.17, 15) is 32.6 Å². The number of para-hydroxylation sites is 1. The van der Waals surface area contributed by atoms with Crippen LogP contribution >= 0.6 is 0 Å². The Bertz CT molecular complexity index is 1250. The van der Waals surface area contributed by atoms with Gasteiger partial charge >= 0.3 is 6.18 Å². The minimum absolute atomic E-state index is 0.0855. The molecule has 8 nitrogen and oxygen atoms in total. The lowest BCUT2D eigenvalue weighted by Gasteiger charge is -2.37. The number of halogens is 4. The van der Waals surface area contributed by atoms with Gasteiger partial charge in [0.1, 0.15) is 41.0 Å². The van der Waals surface area contributed by atoms with Gasteiger partial charge in [-0.3, -0.25) is 14.3 Å². The quantitative estimate of drug-likeness (QED) is 0.451. The maximum Gasteiger partial charge on any atom is 0.431 e. The van der Waals surface area contributed by atoms with Crippen LogP contribution in [0.3, 0.4) is 0 Å². The van der Waals surface area contributed by atoms with Crippen molar-refractivity contribution in [1.29, 1.82) is 0 Å². The first-order valence-electron chi connectivity index (χ1n) is 9.89. The summed E-state index contributed by atoms with van der Waals surface area (Å²) in [6.07, 6.45) is -3.50. The number of pyridine rings is 1. The molecule has 2 aromatic heterocycles. The van der Waals surface area contributed by atoms with Crippen molar-refractivity contribution in [2.45, 2.75) is 12.4 Å². The lowest BCUT2D eigenvalue weighted by Crippen LogP contribution is -2.50. The topological polar surface area (TPSA) is 94.7 Å². The highest BCUT2D eigenvalue weighted by atomic mass is 19.4. The summed E-state index contributed by atoms with van der Waals surface area (Å²) in [5, 5.41) is 19.8. The minimum atomic E-state index is -5.05. The van der Waals surface area contributed by atoms with Gasteiger partial charge in [0, 0.05) is 26.2 Å². The molecular weight excluding hydrogens is 446 g/mol. The van der Waals surface area contributed by atoms with Gasteiger partial charge < -0.3 is 15.1 Å². The average Bonchev–Trinajstić information content (AvgIpc) is 2.78. The summed E-state index contributed by atoms with van der Waals surface area (Å²) in [7, 11) is 0. The number of hydrogen-bond acceptors (Lipinski definition) is 7. The van der Waals surface area contributed by atoms with Gasteiger partial charge in [-0.2, -0.15) is 13.2 Å². The van der Waals surface area contributed by atoms with Crippen LogP contribution in [0.5, 0.6) is 5.75 Å². The molecule has 12 heteroatoms. The predicted octanol–water partition coefficient (Wildman–Crippen LogP) is 2.27. The molecule has 1 aromatic carbocycles. The van der Waals surface area contributed by atoms with E-state index < -0.39 is 40.9 Å². The predicted molar refractivity (Wildman–Crippen MR) is 112 cm³/mol. The second-order valence-corrected chi connectivity index (χ2v) is 7.41. The van der Waals surface area contributed by atoms with Gasteiger partial charge in [0.2, 0.25) is 0 Å². The SMILES string of the molecule is C=CC(O)N1CCN(c2ncnc3c(=O)n(-c4c(O)cccc4F)c(C(F)(F)F)cc23)CC1. The van der Waals surface area contributed by atoms with Crippen LogP contribution in [0.4, 0.5) is 23.4 Å². The number of phenolic OH excluding ortho intramolecular Hbond substituents is 1. The van der Waals surface area contributed by atoms with Gasteiger partial charge in [-0.15, -0.1) is 0 Å². The first kappa shape index (κ1) is 22.7. The largest absolute Gasteiger partial charge is 0.506 e. The average molecular weight is 465 g/mol. The first-order valence-corrected chi connectivity index (χ1v) is 9.89. The highest BCUT2D eigenvalue weighted by Crippen LogP contribution is 2.36. The van der Waals surface area contributed by atoms with Crippen LogP contribution in [0.2, 0.25) is 0 Å². The molecule has 1 aliphatic rings. The summed E-state index contributed by atoms with van der Waals surface area (Å²) in [4.78, 5) is 24.5. The number of aromatic nitrogens is 3. The Hall–Kier alpha value is -3.51. The molecule has 0 saturated carbocycles. The number of benzene rings is 1. The Morgan fingerprint density at radius 3 is 2.45 bits per heavy atom. The number of nitrogens with zero attached hydrogens (tertiary/aromatic N) is 5. The maximum atomic E-state index is 14.4. The molecule has 1 saturated heterocycles. The first-order chi connectivity index (χ1) is 15.6.